The highest BCUT2D eigenvalue weighted by atomic mass is 16.6. The van der Waals surface area contributed by atoms with Crippen LogP contribution in [0.5, 0.6) is 0 Å². The van der Waals surface area contributed by atoms with E-state index in [1.807, 2.05) is 86.6 Å². The molecule has 3 heterocycles. The summed E-state index contributed by atoms with van der Waals surface area (Å²) in [6.07, 6.45) is 0.426. The highest BCUT2D eigenvalue weighted by Gasteiger charge is 2.80. The van der Waals surface area contributed by atoms with E-state index in [-0.39, 0.29) is 18.4 Å². The Kier molecular flexibility index (Phi) is 6.43. The van der Waals surface area contributed by atoms with E-state index in [0.29, 0.717) is 17.7 Å². The lowest BCUT2D eigenvalue weighted by atomic mass is 9.62. The van der Waals surface area contributed by atoms with Gasteiger partial charge in [0, 0.05) is 5.69 Å². The Labute approximate surface area is 233 Å². The Morgan fingerprint density at radius 1 is 1.10 bits per heavy atom. The van der Waals surface area contributed by atoms with E-state index >= 15 is 0 Å². The first-order valence-electron chi connectivity index (χ1n) is 13.9. The van der Waals surface area contributed by atoms with Crippen molar-refractivity contribution >= 4 is 34.2 Å². The number of carbonyl (C=O) groups excluding carboxylic acids is 3. The maximum atomic E-state index is 14.4. The molecule has 2 bridgehead atoms. The summed E-state index contributed by atoms with van der Waals surface area (Å²) in [6.45, 7) is 5.35. The molecular formula is C32H34N2O6. The number of fused-ring (bicyclic) bond motifs is 2. The highest BCUT2D eigenvalue weighted by Crippen LogP contribution is 2.66. The molecule has 0 aromatic heterocycles. The summed E-state index contributed by atoms with van der Waals surface area (Å²) in [4.78, 5) is 43.5. The van der Waals surface area contributed by atoms with E-state index in [9.17, 15) is 19.5 Å². The standard InChI is InChI=1S/C32H34N2O6/c1-4-39-30(38)26-25-29(37)34(24(18-35)21-11-6-5-7-12-21)27(32(25)17-19(2)31(26,3)40-32)28(36)33-23-15-14-20-10-8-9-13-22(20)16-23/h5-16,19,24-27,35H,4,17-18H2,1-3H3,(H,33,36)/t19?,24-,25+,26-,27?,31+,32?/m1/s1. The van der Waals surface area contributed by atoms with Crippen LogP contribution in [0.3, 0.4) is 0 Å². The van der Waals surface area contributed by atoms with Crippen LogP contribution >= 0.6 is 0 Å². The quantitative estimate of drug-likeness (QED) is 0.436. The molecule has 3 aromatic rings. The molecule has 3 fully saturated rings. The number of esters is 1. The minimum absolute atomic E-state index is 0.105. The number of benzene rings is 3. The molecule has 7 atom stereocenters. The van der Waals surface area contributed by atoms with Gasteiger partial charge >= 0.3 is 5.97 Å². The van der Waals surface area contributed by atoms with Crippen LogP contribution in [0.25, 0.3) is 10.8 Å². The van der Waals surface area contributed by atoms with Crippen LogP contribution in [-0.2, 0) is 23.9 Å². The van der Waals surface area contributed by atoms with Crippen LogP contribution in [0, 0.1) is 17.8 Å². The number of amides is 2. The van der Waals surface area contributed by atoms with Crippen molar-refractivity contribution in [2.24, 2.45) is 17.8 Å². The fourth-order valence-electron chi connectivity index (χ4n) is 7.41. The number of aliphatic hydroxyl groups excluding tert-OH is 1. The summed E-state index contributed by atoms with van der Waals surface area (Å²) in [5, 5.41) is 15.6. The van der Waals surface area contributed by atoms with Gasteiger partial charge in [0.1, 0.15) is 17.6 Å². The number of nitrogens with zero attached hydrogens (tertiary/aromatic N) is 1. The van der Waals surface area contributed by atoms with E-state index in [2.05, 4.69) is 5.32 Å². The van der Waals surface area contributed by atoms with E-state index in [4.69, 9.17) is 9.47 Å². The molecule has 2 N–H and O–H groups in total. The second-order valence-electron chi connectivity index (χ2n) is 11.4. The SMILES string of the molecule is CCOC(=O)[C@H]1[C@H]2C(=O)N([C@H](CO)c3ccccc3)C(C(=O)Nc3ccc4ccccc4c3)C23CC(C)[C@]1(C)O3. The van der Waals surface area contributed by atoms with E-state index in [0.717, 1.165) is 10.8 Å². The highest BCUT2D eigenvalue weighted by molar-refractivity contribution is 6.04. The molecule has 3 aliphatic heterocycles. The molecule has 3 aliphatic rings. The molecule has 0 aliphatic carbocycles. The first-order chi connectivity index (χ1) is 19.2. The van der Waals surface area contributed by atoms with Crippen LogP contribution in [0.2, 0.25) is 0 Å². The Morgan fingerprint density at radius 3 is 2.50 bits per heavy atom. The van der Waals surface area contributed by atoms with Gasteiger partial charge in [-0.25, -0.2) is 0 Å². The third kappa shape index (κ3) is 3.77. The second-order valence-corrected chi connectivity index (χ2v) is 11.4. The fraction of sp³-hybridized carbons (Fsp3) is 0.406. The van der Waals surface area contributed by atoms with Gasteiger partial charge in [-0.2, -0.15) is 0 Å². The normalized spacial score (nSPS) is 31.3. The number of ether oxygens (including phenoxy) is 2. The van der Waals surface area contributed by atoms with E-state index < -0.39 is 53.6 Å². The van der Waals surface area contributed by atoms with Gasteiger partial charge in [0.25, 0.3) is 0 Å². The number of hydrogen-bond donors (Lipinski definition) is 2. The maximum Gasteiger partial charge on any atom is 0.312 e. The van der Waals surface area contributed by atoms with Gasteiger partial charge in [0.2, 0.25) is 11.8 Å². The van der Waals surface area contributed by atoms with Crippen molar-refractivity contribution in [2.45, 2.75) is 50.5 Å². The number of carbonyl (C=O) groups is 3. The van der Waals surface area contributed by atoms with Crippen molar-refractivity contribution in [3.63, 3.8) is 0 Å². The molecule has 3 aromatic carbocycles. The van der Waals surface area contributed by atoms with E-state index in [1.165, 1.54) is 4.90 Å². The van der Waals surface area contributed by atoms with E-state index in [1.54, 1.807) is 6.92 Å². The molecule has 3 unspecified atom stereocenters. The molecule has 0 radical (unpaired) electrons. The number of hydrogen-bond acceptors (Lipinski definition) is 6. The third-order valence-electron chi connectivity index (χ3n) is 9.25. The predicted molar refractivity (Wildman–Crippen MR) is 149 cm³/mol. The summed E-state index contributed by atoms with van der Waals surface area (Å²) in [5.74, 6) is -3.16. The lowest BCUT2D eigenvalue weighted by molar-refractivity contribution is -0.162. The Morgan fingerprint density at radius 2 is 1.80 bits per heavy atom. The lowest BCUT2D eigenvalue weighted by Crippen LogP contribution is -2.54. The zero-order chi connectivity index (χ0) is 28.2. The minimum Gasteiger partial charge on any atom is -0.466 e. The van der Waals surface area contributed by atoms with Crippen LogP contribution < -0.4 is 5.32 Å². The summed E-state index contributed by atoms with van der Waals surface area (Å²) >= 11 is 0. The molecule has 6 rings (SSSR count). The van der Waals surface area contributed by atoms with Gasteiger partial charge < -0.3 is 24.8 Å². The lowest BCUT2D eigenvalue weighted by Gasteiger charge is -2.37. The molecule has 208 valence electrons. The zero-order valence-electron chi connectivity index (χ0n) is 22.9. The first kappa shape index (κ1) is 26.5. The largest absolute Gasteiger partial charge is 0.466 e. The molecule has 8 heteroatoms. The molecule has 3 saturated heterocycles. The average Bonchev–Trinajstić information content (AvgIpc) is 3.46. The minimum atomic E-state index is -1.24. The van der Waals surface area contributed by atoms with Gasteiger partial charge in [-0.05, 0) is 54.7 Å². The summed E-state index contributed by atoms with van der Waals surface area (Å²) < 4.78 is 12.2. The number of rotatable bonds is 7. The van der Waals surface area contributed by atoms with Gasteiger partial charge in [-0.3, -0.25) is 14.4 Å². The van der Waals surface area contributed by atoms with Gasteiger partial charge in [0.15, 0.2) is 0 Å². The number of nitrogens with one attached hydrogen (secondary N) is 1. The van der Waals surface area contributed by atoms with Crippen molar-refractivity contribution in [2.75, 3.05) is 18.5 Å². The molecular weight excluding hydrogens is 508 g/mol. The van der Waals surface area contributed by atoms with Crippen LogP contribution in [0.4, 0.5) is 5.69 Å². The Bertz CT molecular complexity index is 1480. The van der Waals surface area contributed by atoms with Gasteiger partial charge in [-0.15, -0.1) is 0 Å². The molecule has 2 amide bonds. The number of anilines is 1. The fourth-order valence-corrected chi connectivity index (χ4v) is 7.41. The van der Waals surface area contributed by atoms with Gasteiger partial charge in [-0.1, -0.05) is 67.6 Å². The Hall–Kier alpha value is -3.75. The smallest absolute Gasteiger partial charge is 0.312 e. The molecule has 0 saturated carbocycles. The maximum absolute atomic E-state index is 14.4. The van der Waals surface area contributed by atoms with Crippen LogP contribution in [0.1, 0.15) is 38.8 Å². The van der Waals surface area contributed by atoms with Crippen LogP contribution in [0.15, 0.2) is 72.8 Å². The predicted octanol–water partition coefficient (Wildman–Crippen LogP) is 4.09. The van der Waals surface area contributed by atoms with Crippen molar-refractivity contribution in [3.05, 3.63) is 78.4 Å². The van der Waals surface area contributed by atoms with Crippen molar-refractivity contribution < 1.29 is 29.0 Å². The topological polar surface area (TPSA) is 105 Å². The molecule has 1 spiro atoms. The van der Waals surface area contributed by atoms with Crippen molar-refractivity contribution in [1.82, 2.24) is 4.90 Å². The molecule has 8 nitrogen and oxygen atoms in total. The average molecular weight is 543 g/mol. The summed E-state index contributed by atoms with van der Waals surface area (Å²) in [7, 11) is 0. The number of likely N-dealkylation sites (tertiary alicyclic amines) is 1. The van der Waals surface area contributed by atoms with Crippen molar-refractivity contribution in [1.29, 1.82) is 0 Å². The summed E-state index contributed by atoms with van der Waals surface area (Å²) in [6, 6.07) is 20.8. The summed E-state index contributed by atoms with van der Waals surface area (Å²) in [5.41, 5.74) is -0.919. The third-order valence-corrected chi connectivity index (χ3v) is 9.25. The molecule has 40 heavy (non-hydrogen) atoms. The zero-order valence-corrected chi connectivity index (χ0v) is 22.9. The second kappa shape index (κ2) is 9.71. The monoisotopic (exact) mass is 542 g/mol. The Balaban J connectivity index is 1.46. The van der Waals surface area contributed by atoms with Gasteiger partial charge in [0.05, 0.1) is 30.8 Å². The van der Waals surface area contributed by atoms with Crippen LogP contribution in [-0.4, -0.2) is 58.2 Å². The first-order valence-corrected chi connectivity index (χ1v) is 13.9. The van der Waals surface area contributed by atoms with Crippen molar-refractivity contribution in [3.8, 4) is 0 Å². The number of aliphatic hydroxyl groups is 1.